The van der Waals surface area contributed by atoms with Crippen LogP contribution in [0.25, 0.3) is 0 Å². The first-order chi connectivity index (χ1) is 13.5. The topological polar surface area (TPSA) is 81.8 Å². The molecule has 1 saturated heterocycles. The van der Waals surface area contributed by atoms with Gasteiger partial charge in [-0.25, -0.2) is 0 Å². The summed E-state index contributed by atoms with van der Waals surface area (Å²) in [4.78, 5) is 11.6. The van der Waals surface area contributed by atoms with Crippen LogP contribution in [0.5, 0.6) is 5.75 Å². The molecule has 28 heavy (non-hydrogen) atoms. The molecule has 5 nitrogen and oxygen atoms in total. The molecular weight excluding hydrogens is 354 g/mol. The molecule has 1 aliphatic heterocycles. The zero-order valence-electron chi connectivity index (χ0n) is 17.1. The summed E-state index contributed by atoms with van der Waals surface area (Å²) < 4.78 is 11.2. The second-order valence-corrected chi connectivity index (χ2v) is 6.40. The lowest BCUT2D eigenvalue weighted by Gasteiger charge is -2.20. The van der Waals surface area contributed by atoms with Crippen molar-refractivity contribution >= 4 is 5.97 Å². The van der Waals surface area contributed by atoms with Crippen LogP contribution in [0.1, 0.15) is 39.2 Å². The standard InChI is InChI=1S/C15H21NO3.C6H6O.C2H6/c1-11-9-13(10-12-5-3-2-4-6-12)18-8-7-14(16)15(17)19-11;7-6-4-2-1-3-5-6;1-2/h2-6,11,13-14H,7-10,16H2,1H3;1-5,7H;1-2H3/t11?,13?,14-;;/m0../s1. The normalized spacial score (nSPS) is 22.0. The summed E-state index contributed by atoms with van der Waals surface area (Å²) in [6, 6.07) is 18.3. The van der Waals surface area contributed by atoms with Crippen LogP contribution in [0.3, 0.4) is 0 Å². The van der Waals surface area contributed by atoms with Crippen LogP contribution in [0.4, 0.5) is 0 Å². The number of hydrogen-bond acceptors (Lipinski definition) is 5. The monoisotopic (exact) mass is 387 g/mol. The fourth-order valence-electron chi connectivity index (χ4n) is 2.70. The summed E-state index contributed by atoms with van der Waals surface area (Å²) >= 11 is 0. The Hall–Kier alpha value is -2.37. The van der Waals surface area contributed by atoms with Gasteiger partial charge in [-0.15, -0.1) is 0 Å². The Morgan fingerprint density at radius 3 is 2.14 bits per heavy atom. The number of phenolic OH excluding ortho intramolecular Hbond substituents is 1. The van der Waals surface area contributed by atoms with Gasteiger partial charge in [0.05, 0.1) is 6.10 Å². The number of para-hydroxylation sites is 1. The Morgan fingerprint density at radius 1 is 1.04 bits per heavy atom. The summed E-state index contributed by atoms with van der Waals surface area (Å²) in [5, 5.41) is 8.63. The summed E-state index contributed by atoms with van der Waals surface area (Å²) in [7, 11) is 0. The van der Waals surface area contributed by atoms with Gasteiger partial charge in [0.2, 0.25) is 0 Å². The van der Waals surface area contributed by atoms with Crippen molar-refractivity contribution in [2.24, 2.45) is 5.73 Å². The Bertz CT molecular complexity index is 648. The molecule has 0 aromatic heterocycles. The van der Waals surface area contributed by atoms with Gasteiger partial charge in [0.15, 0.2) is 0 Å². The van der Waals surface area contributed by atoms with E-state index in [1.54, 1.807) is 24.3 Å². The lowest BCUT2D eigenvalue weighted by molar-refractivity contribution is -0.150. The number of phenols is 1. The average molecular weight is 388 g/mol. The van der Waals surface area contributed by atoms with Crippen molar-refractivity contribution in [3.8, 4) is 5.75 Å². The molecule has 2 unspecified atom stereocenters. The highest BCUT2D eigenvalue weighted by atomic mass is 16.5. The number of benzene rings is 2. The fraction of sp³-hybridized carbons (Fsp3) is 0.435. The van der Waals surface area contributed by atoms with Crippen LogP contribution >= 0.6 is 0 Å². The molecular formula is C23H33NO4. The highest BCUT2D eigenvalue weighted by Gasteiger charge is 2.24. The van der Waals surface area contributed by atoms with E-state index >= 15 is 0 Å². The Kier molecular flexibility index (Phi) is 11.6. The SMILES string of the molecule is CC.CC1CC(Cc2ccccc2)OCC[C@H](N)C(=O)O1.Oc1ccccc1. The number of rotatable bonds is 2. The highest BCUT2D eigenvalue weighted by Crippen LogP contribution is 2.16. The predicted molar refractivity (Wildman–Crippen MR) is 112 cm³/mol. The van der Waals surface area contributed by atoms with Crippen molar-refractivity contribution in [1.82, 2.24) is 0 Å². The lowest BCUT2D eigenvalue weighted by Crippen LogP contribution is -2.34. The number of hydrogen-bond donors (Lipinski definition) is 2. The van der Waals surface area contributed by atoms with Gasteiger partial charge in [0.25, 0.3) is 0 Å². The fourth-order valence-corrected chi connectivity index (χ4v) is 2.70. The predicted octanol–water partition coefficient (Wildman–Crippen LogP) is 4.09. The van der Waals surface area contributed by atoms with E-state index in [1.807, 2.05) is 45.0 Å². The molecule has 154 valence electrons. The van der Waals surface area contributed by atoms with Gasteiger partial charge in [-0.3, -0.25) is 4.79 Å². The van der Waals surface area contributed by atoms with Gasteiger partial charge in [-0.2, -0.15) is 0 Å². The minimum Gasteiger partial charge on any atom is -0.508 e. The summed E-state index contributed by atoms with van der Waals surface area (Å²) in [6.45, 7) is 6.39. The Morgan fingerprint density at radius 2 is 1.61 bits per heavy atom. The lowest BCUT2D eigenvalue weighted by atomic mass is 10.0. The number of ether oxygens (including phenoxy) is 2. The maximum atomic E-state index is 11.6. The minimum atomic E-state index is -0.571. The average Bonchev–Trinajstić information content (AvgIpc) is 2.76. The molecule has 2 aromatic carbocycles. The van der Waals surface area contributed by atoms with Crippen molar-refractivity contribution in [3.05, 3.63) is 66.2 Å². The summed E-state index contributed by atoms with van der Waals surface area (Å²) in [5.41, 5.74) is 6.95. The molecule has 0 aliphatic carbocycles. The van der Waals surface area contributed by atoms with Crippen molar-refractivity contribution in [1.29, 1.82) is 0 Å². The molecule has 0 amide bonds. The maximum absolute atomic E-state index is 11.6. The van der Waals surface area contributed by atoms with Crippen LogP contribution in [0.2, 0.25) is 0 Å². The smallest absolute Gasteiger partial charge is 0.323 e. The molecule has 0 saturated carbocycles. The Labute approximate surface area is 168 Å². The van der Waals surface area contributed by atoms with Gasteiger partial charge < -0.3 is 20.3 Å². The van der Waals surface area contributed by atoms with E-state index in [2.05, 4.69) is 12.1 Å². The third-order valence-electron chi connectivity index (χ3n) is 4.06. The molecule has 3 rings (SSSR count). The van der Waals surface area contributed by atoms with E-state index in [1.165, 1.54) is 5.56 Å². The molecule has 0 bridgehead atoms. The number of cyclic esters (lactones) is 1. The number of carbonyl (C=O) groups is 1. The first kappa shape index (κ1) is 23.7. The van der Waals surface area contributed by atoms with Crippen LogP contribution in [0.15, 0.2) is 60.7 Å². The van der Waals surface area contributed by atoms with E-state index in [0.717, 1.165) is 6.42 Å². The van der Waals surface area contributed by atoms with E-state index in [-0.39, 0.29) is 18.2 Å². The zero-order chi connectivity index (χ0) is 20.8. The second kappa shape index (κ2) is 13.7. The number of esters is 1. The summed E-state index contributed by atoms with van der Waals surface area (Å²) in [6.07, 6.45) is 1.95. The van der Waals surface area contributed by atoms with Crippen LogP contribution in [0, 0.1) is 0 Å². The maximum Gasteiger partial charge on any atom is 0.323 e. The van der Waals surface area contributed by atoms with Crippen molar-refractivity contribution < 1.29 is 19.4 Å². The quantitative estimate of drug-likeness (QED) is 0.759. The molecule has 5 heteroatoms. The molecule has 3 N–H and O–H groups in total. The van der Waals surface area contributed by atoms with Gasteiger partial charge in [-0.05, 0) is 37.5 Å². The highest BCUT2D eigenvalue weighted by molar-refractivity contribution is 5.75. The molecule has 1 fully saturated rings. The molecule has 1 heterocycles. The Balaban J connectivity index is 0.000000363. The third-order valence-corrected chi connectivity index (χ3v) is 4.06. The number of carbonyl (C=O) groups excluding carboxylic acids is 1. The largest absolute Gasteiger partial charge is 0.508 e. The molecule has 1 aliphatic rings. The first-order valence-corrected chi connectivity index (χ1v) is 9.90. The first-order valence-electron chi connectivity index (χ1n) is 9.90. The van der Waals surface area contributed by atoms with Crippen molar-refractivity contribution in [2.75, 3.05) is 6.61 Å². The second-order valence-electron chi connectivity index (χ2n) is 6.40. The van der Waals surface area contributed by atoms with E-state index in [0.29, 0.717) is 25.2 Å². The van der Waals surface area contributed by atoms with Crippen LogP contribution < -0.4 is 5.73 Å². The van der Waals surface area contributed by atoms with E-state index in [9.17, 15) is 4.79 Å². The van der Waals surface area contributed by atoms with E-state index in [4.69, 9.17) is 20.3 Å². The van der Waals surface area contributed by atoms with Gasteiger partial charge >= 0.3 is 5.97 Å². The number of aromatic hydroxyl groups is 1. The van der Waals surface area contributed by atoms with Gasteiger partial charge in [0, 0.05) is 13.0 Å². The van der Waals surface area contributed by atoms with Crippen LogP contribution in [-0.4, -0.2) is 35.9 Å². The van der Waals surface area contributed by atoms with Gasteiger partial charge in [-0.1, -0.05) is 62.4 Å². The summed E-state index contributed by atoms with van der Waals surface area (Å²) in [5.74, 6) is -0.000962. The molecule has 0 radical (unpaired) electrons. The zero-order valence-corrected chi connectivity index (χ0v) is 17.1. The van der Waals surface area contributed by atoms with Crippen molar-refractivity contribution in [3.63, 3.8) is 0 Å². The minimum absolute atomic E-state index is 0.0653. The molecule has 2 aromatic rings. The van der Waals surface area contributed by atoms with Crippen LogP contribution in [-0.2, 0) is 20.7 Å². The van der Waals surface area contributed by atoms with E-state index < -0.39 is 6.04 Å². The molecule has 3 atom stereocenters. The number of nitrogens with two attached hydrogens (primary N) is 1. The van der Waals surface area contributed by atoms with Crippen molar-refractivity contribution in [2.45, 2.75) is 58.3 Å². The van der Waals surface area contributed by atoms with Gasteiger partial charge in [0.1, 0.15) is 17.9 Å². The molecule has 0 spiro atoms. The third kappa shape index (κ3) is 9.53.